The van der Waals surface area contributed by atoms with Crippen LogP contribution in [-0.2, 0) is 11.3 Å². The van der Waals surface area contributed by atoms with Crippen molar-refractivity contribution in [2.45, 2.75) is 33.0 Å². The number of amides is 1. The van der Waals surface area contributed by atoms with Crippen molar-refractivity contribution in [3.05, 3.63) is 29.6 Å². The molecule has 0 fully saturated rings. The van der Waals surface area contributed by atoms with E-state index in [0.717, 1.165) is 6.07 Å². The van der Waals surface area contributed by atoms with E-state index in [1.807, 2.05) is 0 Å². The second-order valence-corrected chi connectivity index (χ2v) is 4.60. The molecule has 0 aliphatic rings. The number of aliphatic hydroxyl groups excluding tert-OH is 1. The topological polar surface area (TPSA) is 58.6 Å². The maximum Gasteiger partial charge on any atom is 0.412 e. The van der Waals surface area contributed by atoms with Gasteiger partial charge in [-0.3, -0.25) is 5.32 Å². The number of halogens is 1. The maximum atomic E-state index is 13.4. The van der Waals surface area contributed by atoms with Gasteiger partial charge in [-0.2, -0.15) is 0 Å². The first kappa shape index (κ1) is 13.4. The smallest absolute Gasteiger partial charge is 0.412 e. The summed E-state index contributed by atoms with van der Waals surface area (Å²) in [7, 11) is 0. The number of benzene rings is 1. The molecule has 0 saturated carbocycles. The molecule has 1 aromatic carbocycles. The Morgan fingerprint density at radius 3 is 2.59 bits per heavy atom. The van der Waals surface area contributed by atoms with Crippen LogP contribution >= 0.6 is 0 Å². The van der Waals surface area contributed by atoms with E-state index in [4.69, 9.17) is 9.84 Å². The molecular formula is C12H16FNO3. The number of carbonyl (C=O) groups is 1. The van der Waals surface area contributed by atoms with Crippen molar-refractivity contribution in [3.8, 4) is 0 Å². The number of nitrogens with one attached hydrogen (secondary N) is 1. The molecule has 0 heterocycles. The zero-order valence-corrected chi connectivity index (χ0v) is 10.1. The fraction of sp³-hybridized carbons (Fsp3) is 0.417. The largest absolute Gasteiger partial charge is 0.444 e. The Hall–Kier alpha value is -1.62. The van der Waals surface area contributed by atoms with Crippen LogP contribution in [0.2, 0.25) is 0 Å². The highest BCUT2D eigenvalue weighted by atomic mass is 19.1. The zero-order valence-electron chi connectivity index (χ0n) is 10.1. The molecule has 0 atom stereocenters. The van der Waals surface area contributed by atoms with E-state index in [0.29, 0.717) is 5.56 Å². The number of carbonyl (C=O) groups excluding carboxylic acids is 1. The fourth-order valence-electron chi connectivity index (χ4n) is 1.17. The van der Waals surface area contributed by atoms with Gasteiger partial charge in [-0.1, -0.05) is 6.07 Å². The Labute approximate surface area is 99.4 Å². The van der Waals surface area contributed by atoms with Crippen LogP contribution in [0, 0.1) is 5.82 Å². The molecule has 17 heavy (non-hydrogen) atoms. The highest BCUT2D eigenvalue weighted by Crippen LogP contribution is 2.17. The molecule has 0 bridgehead atoms. The molecule has 1 amide bonds. The summed E-state index contributed by atoms with van der Waals surface area (Å²) in [6.07, 6.45) is -0.715. The maximum absolute atomic E-state index is 13.4. The number of hydrogen-bond acceptors (Lipinski definition) is 3. The van der Waals surface area contributed by atoms with Crippen LogP contribution in [-0.4, -0.2) is 16.8 Å². The molecule has 2 N–H and O–H groups in total. The first-order valence-corrected chi connectivity index (χ1v) is 5.21. The lowest BCUT2D eigenvalue weighted by Crippen LogP contribution is -2.27. The van der Waals surface area contributed by atoms with E-state index < -0.39 is 17.5 Å². The van der Waals surface area contributed by atoms with Crippen LogP contribution < -0.4 is 5.32 Å². The molecule has 0 aliphatic carbocycles. The number of anilines is 1. The normalized spacial score (nSPS) is 11.1. The molecule has 0 unspecified atom stereocenters. The first-order valence-electron chi connectivity index (χ1n) is 5.21. The third-order valence-corrected chi connectivity index (χ3v) is 1.85. The summed E-state index contributed by atoms with van der Waals surface area (Å²) in [4.78, 5) is 11.4. The first-order chi connectivity index (χ1) is 7.81. The summed E-state index contributed by atoms with van der Waals surface area (Å²) >= 11 is 0. The molecule has 94 valence electrons. The van der Waals surface area contributed by atoms with Gasteiger partial charge in [-0.25, -0.2) is 9.18 Å². The van der Waals surface area contributed by atoms with Gasteiger partial charge in [0.2, 0.25) is 0 Å². The highest BCUT2D eigenvalue weighted by Gasteiger charge is 2.17. The lowest BCUT2D eigenvalue weighted by molar-refractivity contribution is 0.0635. The van der Waals surface area contributed by atoms with Gasteiger partial charge in [0.25, 0.3) is 0 Å². The Bertz CT molecular complexity index is 413. The van der Waals surface area contributed by atoms with Gasteiger partial charge in [-0.15, -0.1) is 0 Å². The highest BCUT2D eigenvalue weighted by molar-refractivity contribution is 5.85. The molecule has 4 nitrogen and oxygen atoms in total. The van der Waals surface area contributed by atoms with Crippen LogP contribution in [0.3, 0.4) is 0 Å². The second kappa shape index (κ2) is 5.14. The molecular weight excluding hydrogens is 225 g/mol. The predicted octanol–water partition coefficient (Wildman–Crippen LogP) is 2.67. The molecule has 1 aromatic rings. The van der Waals surface area contributed by atoms with E-state index in [2.05, 4.69) is 5.32 Å². The van der Waals surface area contributed by atoms with Gasteiger partial charge in [0.15, 0.2) is 0 Å². The van der Waals surface area contributed by atoms with Crippen molar-refractivity contribution >= 4 is 11.8 Å². The second-order valence-electron chi connectivity index (χ2n) is 4.60. The minimum atomic E-state index is -0.715. The van der Waals surface area contributed by atoms with Crippen molar-refractivity contribution < 1.29 is 19.0 Å². The van der Waals surface area contributed by atoms with Gasteiger partial charge in [-0.05, 0) is 38.5 Å². The van der Waals surface area contributed by atoms with E-state index >= 15 is 0 Å². The molecule has 0 aromatic heterocycles. The summed E-state index contributed by atoms with van der Waals surface area (Å²) in [6.45, 7) is 4.91. The average molecular weight is 241 g/mol. The SMILES string of the molecule is CC(C)(C)OC(=O)Nc1ccc(CO)cc1F. The van der Waals surface area contributed by atoms with Gasteiger partial charge in [0.1, 0.15) is 11.4 Å². The molecule has 0 saturated heterocycles. The lowest BCUT2D eigenvalue weighted by atomic mass is 10.2. The summed E-state index contributed by atoms with van der Waals surface area (Å²) in [5.41, 5.74) is -0.167. The van der Waals surface area contributed by atoms with Gasteiger partial charge < -0.3 is 9.84 Å². The van der Waals surface area contributed by atoms with Crippen molar-refractivity contribution in [2.75, 3.05) is 5.32 Å². The van der Waals surface area contributed by atoms with Crippen molar-refractivity contribution in [2.24, 2.45) is 0 Å². The third kappa shape index (κ3) is 4.40. The van der Waals surface area contributed by atoms with Crippen LogP contribution in [0.4, 0.5) is 14.9 Å². The molecule has 1 rings (SSSR count). The van der Waals surface area contributed by atoms with Crippen LogP contribution in [0.5, 0.6) is 0 Å². The van der Waals surface area contributed by atoms with E-state index in [9.17, 15) is 9.18 Å². The van der Waals surface area contributed by atoms with E-state index in [1.165, 1.54) is 12.1 Å². The Balaban J connectivity index is 2.72. The van der Waals surface area contributed by atoms with Gasteiger partial charge in [0.05, 0.1) is 12.3 Å². The number of rotatable bonds is 2. The van der Waals surface area contributed by atoms with Gasteiger partial charge >= 0.3 is 6.09 Å². The van der Waals surface area contributed by atoms with Crippen molar-refractivity contribution in [3.63, 3.8) is 0 Å². The van der Waals surface area contributed by atoms with Crippen molar-refractivity contribution in [1.82, 2.24) is 0 Å². The summed E-state index contributed by atoms with van der Waals surface area (Å²) in [5.74, 6) is -0.609. The number of ether oxygens (including phenoxy) is 1. The standard InChI is InChI=1S/C12H16FNO3/c1-12(2,3)17-11(16)14-10-5-4-8(7-15)6-9(10)13/h4-6,15H,7H2,1-3H3,(H,14,16). The van der Waals surface area contributed by atoms with Crippen LogP contribution in [0.1, 0.15) is 26.3 Å². The van der Waals surface area contributed by atoms with Gasteiger partial charge in [0, 0.05) is 0 Å². The Kier molecular flexibility index (Phi) is 4.07. The Morgan fingerprint density at radius 2 is 2.12 bits per heavy atom. The van der Waals surface area contributed by atoms with E-state index in [1.54, 1.807) is 20.8 Å². The number of aliphatic hydroxyl groups is 1. The molecule has 5 heteroatoms. The van der Waals surface area contributed by atoms with E-state index in [-0.39, 0.29) is 12.3 Å². The van der Waals surface area contributed by atoms with Crippen molar-refractivity contribution in [1.29, 1.82) is 0 Å². The molecule has 0 spiro atoms. The average Bonchev–Trinajstić information content (AvgIpc) is 2.18. The minimum absolute atomic E-state index is 0.0245. The lowest BCUT2D eigenvalue weighted by Gasteiger charge is -2.19. The minimum Gasteiger partial charge on any atom is -0.444 e. The van der Waals surface area contributed by atoms with Crippen LogP contribution in [0.25, 0.3) is 0 Å². The zero-order chi connectivity index (χ0) is 13.1. The quantitative estimate of drug-likeness (QED) is 0.836. The monoisotopic (exact) mass is 241 g/mol. The number of hydrogen-bond donors (Lipinski definition) is 2. The van der Waals surface area contributed by atoms with Crippen LogP contribution in [0.15, 0.2) is 18.2 Å². The fourth-order valence-corrected chi connectivity index (χ4v) is 1.17. The third-order valence-electron chi connectivity index (χ3n) is 1.85. The summed E-state index contributed by atoms with van der Waals surface area (Å²) < 4.78 is 18.4. The molecule has 0 aliphatic heterocycles. The summed E-state index contributed by atoms with van der Waals surface area (Å²) in [5, 5.41) is 11.1. The Morgan fingerprint density at radius 1 is 1.47 bits per heavy atom. The predicted molar refractivity (Wildman–Crippen MR) is 62.2 cm³/mol. The molecule has 0 radical (unpaired) electrons. The summed E-state index contributed by atoms with van der Waals surface area (Å²) in [6, 6.07) is 4.06.